The Labute approximate surface area is 177 Å². The first-order valence-electron chi connectivity index (χ1n) is 10.2. The molecule has 6 heteroatoms. The van der Waals surface area contributed by atoms with E-state index in [1.807, 2.05) is 26.0 Å². The van der Waals surface area contributed by atoms with E-state index >= 15 is 0 Å². The third-order valence-corrected chi connectivity index (χ3v) is 5.08. The minimum absolute atomic E-state index is 0.113. The first kappa shape index (κ1) is 21.4. The number of benzene rings is 2. The average molecular weight is 408 g/mol. The van der Waals surface area contributed by atoms with E-state index in [-0.39, 0.29) is 5.91 Å². The fourth-order valence-corrected chi connectivity index (χ4v) is 3.29. The molecule has 0 spiro atoms. The molecule has 3 aromatic rings. The van der Waals surface area contributed by atoms with Crippen LogP contribution in [0.15, 0.2) is 53.1 Å². The molecule has 0 fully saturated rings. The molecule has 1 N–H and O–H groups in total. The second-order valence-corrected chi connectivity index (χ2v) is 7.29. The summed E-state index contributed by atoms with van der Waals surface area (Å²) in [6.07, 6.45) is 0. The molecule has 0 atom stereocenters. The van der Waals surface area contributed by atoms with Gasteiger partial charge in [-0.2, -0.15) is 0 Å². The Balaban J connectivity index is 1.54. The number of hydrogen-bond acceptors (Lipinski definition) is 5. The fourth-order valence-electron chi connectivity index (χ4n) is 3.29. The van der Waals surface area contributed by atoms with Crippen molar-refractivity contribution in [2.24, 2.45) is 0 Å². The molecular weight excluding hydrogens is 378 g/mol. The molecule has 3 rings (SSSR count). The third-order valence-electron chi connectivity index (χ3n) is 5.08. The predicted molar refractivity (Wildman–Crippen MR) is 118 cm³/mol. The number of hydrogen-bond donors (Lipinski definition) is 1. The number of likely N-dealkylation sites (N-methyl/N-ethyl adjacent to an activating group) is 1. The maximum atomic E-state index is 12.6. The van der Waals surface area contributed by atoms with Crippen molar-refractivity contribution in [2.45, 2.75) is 34.3 Å². The molecule has 6 nitrogen and oxygen atoms in total. The topological polar surface area (TPSA) is 67.6 Å². The van der Waals surface area contributed by atoms with Crippen molar-refractivity contribution in [3.8, 4) is 5.75 Å². The van der Waals surface area contributed by atoms with Crippen molar-refractivity contribution in [3.05, 3.63) is 76.7 Å². The Morgan fingerprint density at radius 2 is 1.93 bits per heavy atom. The SMILES string of the molecule is CCN(CCNC(=O)c1cccc(OCc2c(C)noc2C)c1)c1cccc(C)c1. The van der Waals surface area contributed by atoms with Crippen LogP contribution in [0.3, 0.4) is 0 Å². The highest BCUT2D eigenvalue weighted by atomic mass is 16.5. The van der Waals surface area contributed by atoms with E-state index in [9.17, 15) is 4.79 Å². The number of anilines is 1. The van der Waals surface area contributed by atoms with Crippen LogP contribution in [0.4, 0.5) is 5.69 Å². The number of nitrogens with zero attached hydrogens (tertiary/aromatic N) is 2. The Morgan fingerprint density at radius 1 is 1.13 bits per heavy atom. The molecule has 0 saturated carbocycles. The zero-order valence-corrected chi connectivity index (χ0v) is 18.1. The number of aromatic nitrogens is 1. The van der Waals surface area contributed by atoms with Crippen molar-refractivity contribution in [2.75, 3.05) is 24.5 Å². The minimum atomic E-state index is -0.113. The van der Waals surface area contributed by atoms with Gasteiger partial charge in [0, 0.05) is 30.9 Å². The summed E-state index contributed by atoms with van der Waals surface area (Å²) in [6, 6.07) is 15.6. The molecule has 2 aromatic carbocycles. The standard InChI is InChI=1S/C24H29N3O3/c1-5-27(21-10-6-8-17(2)14-21)13-12-25-24(28)20-9-7-11-22(15-20)29-16-23-18(3)26-30-19(23)4/h6-11,14-15H,5,12-13,16H2,1-4H3,(H,25,28). The van der Waals surface area contributed by atoms with Gasteiger partial charge in [-0.05, 0) is 63.6 Å². The smallest absolute Gasteiger partial charge is 0.251 e. The van der Waals surface area contributed by atoms with Gasteiger partial charge in [0.1, 0.15) is 18.1 Å². The number of carbonyl (C=O) groups is 1. The second kappa shape index (κ2) is 9.96. The Kier molecular flexibility index (Phi) is 7.12. The molecular formula is C24H29N3O3. The summed E-state index contributed by atoms with van der Waals surface area (Å²) in [5, 5.41) is 6.93. The lowest BCUT2D eigenvalue weighted by atomic mass is 10.2. The molecule has 0 aliphatic heterocycles. The van der Waals surface area contributed by atoms with E-state index in [4.69, 9.17) is 9.26 Å². The van der Waals surface area contributed by atoms with Gasteiger partial charge in [-0.3, -0.25) is 4.79 Å². The van der Waals surface area contributed by atoms with Crippen LogP contribution in [0, 0.1) is 20.8 Å². The Bertz CT molecular complexity index is 977. The lowest BCUT2D eigenvalue weighted by molar-refractivity contribution is 0.0954. The van der Waals surface area contributed by atoms with Crippen molar-refractivity contribution in [3.63, 3.8) is 0 Å². The highest BCUT2D eigenvalue weighted by molar-refractivity contribution is 5.94. The molecule has 0 aliphatic carbocycles. The molecule has 0 unspecified atom stereocenters. The molecule has 0 bridgehead atoms. The van der Waals surface area contributed by atoms with Crippen LogP contribution in [0.25, 0.3) is 0 Å². The van der Waals surface area contributed by atoms with Crippen molar-refractivity contribution in [1.82, 2.24) is 10.5 Å². The zero-order valence-electron chi connectivity index (χ0n) is 18.1. The van der Waals surface area contributed by atoms with Crippen LogP contribution < -0.4 is 15.0 Å². The van der Waals surface area contributed by atoms with Gasteiger partial charge in [-0.25, -0.2) is 0 Å². The van der Waals surface area contributed by atoms with Gasteiger partial charge in [0.15, 0.2) is 0 Å². The van der Waals surface area contributed by atoms with Gasteiger partial charge < -0.3 is 19.5 Å². The van der Waals surface area contributed by atoms with E-state index in [1.54, 1.807) is 12.1 Å². The Hall–Kier alpha value is -3.28. The van der Waals surface area contributed by atoms with E-state index in [0.717, 1.165) is 30.1 Å². The van der Waals surface area contributed by atoms with Gasteiger partial charge in [-0.1, -0.05) is 23.4 Å². The number of carbonyl (C=O) groups excluding carboxylic acids is 1. The van der Waals surface area contributed by atoms with Gasteiger partial charge in [-0.15, -0.1) is 0 Å². The molecule has 1 amide bonds. The molecule has 0 saturated heterocycles. The summed E-state index contributed by atoms with van der Waals surface area (Å²) < 4.78 is 11.0. The summed E-state index contributed by atoms with van der Waals surface area (Å²) in [7, 11) is 0. The highest BCUT2D eigenvalue weighted by Gasteiger charge is 2.11. The number of aryl methyl sites for hydroxylation is 3. The lowest BCUT2D eigenvalue weighted by Crippen LogP contribution is -2.35. The maximum absolute atomic E-state index is 12.6. The van der Waals surface area contributed by atoms with Crippen molar-refractivity contribution in [1.29, 1.82) is 0 Å². The normalized spacial score (nSPS) is 10.7. The summed E-state index contributed by atoms with van der Waals surface area (Å²) in [6.45, 7) is 10.5. The first-order chi connectivity index (χ1) is 14.5. The predicted octanol–water partition coefficient (Wildman–Crippen LogP) is 4.44. The summed E-state index contributed by atoms with van der Waals surface area (Å²) >= 11 is 0. The average Bonchev–Trinajstić information content (AvgIpc) is 3.07. The molecule has 158 valence electrons. The first-order valence-corrected chi connectivity index (χ1v) is 10.2. The molecule has 1 aromatic heterocycles. The largest absolute Gasteiger partial charge is 0.489 e. The van der Waals surface area contributed by atoms with Gasteiger partial charge >= 0.3 is 0 Å². The van der Waals surface area contributed by atoms with Crippen molar-refractivity contribution < 1.29 is 14.1 Å². The van der Waals surface area contributed by atoms with Gasteiger partial charge in [0.2, 0.25) is 0 Å². The van der Waals surface area contributed by atoms with Crippen LogP contribution in [0.1, 0.15) is 39.9 Å². The summed E-state index contributed by atoms with van der Waals surface area (Å²) in [4.78, 5) is 14.8. The monoisotopic (exact) mass is 407 g/mol. The summed E-state index contributed by atoms with van der Waals surface area (Å²) in [5.41, 5.74) is 4.71. The second-order valence-electron chi connectivity index (χ2n) is 7.29. The van der Waals surface area contributed by atoms with Crippen LogP contribution in [-0.4, -0.2) is 30.7 Å². The van der Waals surface area contributed by atoms with E-state index in [1.165, 1.54) is 11.3 Å². The number of amides is 1. The number of nitrogens with one attached hydrogen (secondary N) is 1. The van der Waals surface area contributed by atoms with Crippen LogP contribution >= 0.6 is 0 Å². The summed E-state index contributed by atoms with van der Waals surface area (Å²) in [5.74, 6) is 1.27. The highest BCUT2D eigenvalue weighted by Crippen LogP contribution is 2.19. The minimum Gasteiger partial charge on any atom is -0.489 e. The number of ether oxygens (including phenoxy) is 1. The maximum Gasteiger partial charge on any atom is 0.251 e. The number of rotatable bonds is 9. The third kappa shape index (κ3) is 5.41. The lowest BCUT2D eigenvalue weighted by Gasteiger charge is -2.23. The van der Waals surface area contributed by atoms with E-state index < -0.39 is 0 Å². The Morgan fingerprint density at radius 3 is 2.63 bits per heavy atom. The van der Waals surface area contributed by atoms with Gasteiger partial charge in [0.25, 0.3) is 5.91 Å². The molecule has 30 heavy (non-hydrogen) atoms. The van der Waals surface area contributed by atoms with Crippen LogP contribution in [0.2, 0.25) is 0 Å². The zero-order chi connectivity index (χ0) is 21.5. The van der Waals surface area contributed by atoms with Crippen LogP contribution in [-0.2, 0) is 6.61 Å². The molecule has 1 heterocycles. The fraction of sp³-hybridized carbons (Fsp3) is 0.333. The van der Waals surface area contributed by atoms with Crippen molar-refractivity contribution >= 4 is 11.6 Å². The van der Waals surface area contributed by atoms with Crippen LogP contribution in [0.5, 0.6) is 5.75 Å². The van der Waals surface area contributed by atoms with Gasteiger partial charge in [0.05, 0.1) is 11.3 Å². The van der Waals surface area contributed by atoms with E-state index in [0.29, 0.717) is 24.5 Å². The van der Waals surface area contributed by atoms with E-state index in [2.05, 4.69) is 53.5 Å². The molecule has 0 radical (unpaired) electrons. The quantitative estimate of drug-likeness (QED) is 0.568. The molecule has 0 aliphatic rings.